The maximum Gasteiger partial charge on any atom is 0.169 e. The minimum atomic E-state index is 0.117. The van der Waals surface area contributed by atoms with Crippen molar-refractivity contribution < 1.29 is 4.79 Å². The Balaban J connectivity index is 2.22. The molecule has 2 rings (SSSR count). The fourth-order valence-corrected chi connectivity index (χ4v) is 2.06. The van der Waals surface area contributed by atoms with Gasteiger partial charge < -0.3 is 0 Å². The van der Waals surface area contributed by atoms with Gasteiger partial charge in [-0.1, -0.05) is 18.2 Å². The summed E-state index contributed by atoms with van der Waals surface area (Å²) in [4.78, 5) is 16.4. The average molecular weight is 304 g/mol. The minimum Gasteiger partial charge on any atom is -0.294 e. The van der Waals surface area contributed by atoms with E-state index < -0.39 is 0 Å². The summed E-state index contributed by atoms with van der Waals surface area (Å²) in [5.74, 6) is 0.117. The van der Waals surface area contributed by atoms with Gasteiger partial charge in [-0.05, 0) is 53.0 Å². The van der Waals surface area contributed by atoms with Crippen LogP contribution in [0.4, 0.5) is 0 Å². The number of nitrogens with zero attached hydrogens (tertiary/aromatic N) is 1. The van der Waals surface area contributed by atoms with Crippen molar-refractivity contribution >= 4 is 21.7 Å². The van der Waals surface area contributed by atoms with Crippen LogP contribution in [0.25, 0.3) is 0 Å². The van der Waals surface area contributed by atoms with Crippen LogP contribution < -0.4 is 0 Å². The Morgan fingerprint density at radius 1 is 1.22 bits per heavy atom. The number of Topliss-reactive ketones (excluding diaryl/α,β-unsaturated/α-hetero) is 1. The highest BCUT2D eigenvalue weighted by Crippen LogP contribution is 2.15. The van der Waals surface area contributed by atoms with Gasteiger partial charge in [0, 0.05) is 21.9 Å². The Morgan fingerprint density at radius 2 is 2.00 bits per heavy atom. The number of rotatable bonds is 3. The lowest BCUT2D eigenvalue weighted by Crippen LogP contribution is -2.07. The van der Waals surface area contributed by atoms with Crippen molar-refractivity contribution in [2.24, 2.45) is 0 Å². The third-order valence-electron chi connectivity index (χ3n) is 3.04. The fourth-order valence-electron chi connectivity index (χ4n) is 1.82. The molecule has 0 aliphatic carbocycles. The number of carbonyl (C=O) groups is 1. The van der Waals surface area contributed by atoms with Crippen molar-refractivity contribution in [1.29, 1.82) is 0 Å². The quantitative estimate of drug-likeness (QED) is 0.805. The standard InChI is InChI=1S/C15H14BrNO/c1-10-4-3-5-14(11(10)2)15(18)8-13-7-6-12(16)9-17-13/h3-7,9H,8H2,1-2H3. The van der Waals surface area contributed by atoms with E-state index in [4.69, 9.17) is 0 Å². The van der Waals surface area contributed by atoms with E-state index in [-0.39, 0.29) is 5.78 Å². The molecule has 0 amide bonds. The highest BCUT2D eigenvalue weighted by atomic mass is 79.9. The zero-order valence-corrected chi connectivity index (χ0v) is 12.0. The molecule has 1 aromatic carbocycles. The van der Waals surface area contributed by atoms with Crippen molar-refractivity contribution in [3.8, 4) is 0 Å². The molecule has 0 radical (unpaired) electrons. The van der Waals surface area contributed by atoms with E-state index in [0.29, 0.717) is 6.42 Å². The molecule has 2 nitrogen and oxygen atoms in total. The molecule has 0 fully saturated rings. The molecule has 0 bridgehead atoms. The zero-order valence-electron chi connectivity index (χ0n) is 10.4. The third-order valence-corrected chi connectivity index (χ3v) is 3.50. The van der Waals surface area contributed by atoms with Crippen LogP contribution in [0.3, 0.4) is 0 Å². The molecule has 0 unspecified atom stereocenters. The average Bonchev–Trinajstić information content (AvgIpc) is 2.35. The van der Waals surface area contributed by atoms with Gasteiger partial charge in [0.2, 0.25) is 0 Å². The van der Waals surface area contributed by atoms with Crippen molar-refractivity contribution in [2.75, 3.05) is 0 Å². The molecule has 2 aromatic rings. The summed E-state index contributed by atoms with van der Waals surface area (Å²) in [6.45, 7) is 4.00. The van der Waals surface area contributed by atoms with Gasteiger partial charge in [-0.25, -0.2) is 0 Å². The van der Waals surface area contributed by atoms with E-state index >= 15 is 0 Å². The van der Waals surface area contributed by atoms with Crippen molar-refractivity contribution in [2.45, 2.75) is 20.3 Å². The smallest absolute Gasteiger partial charge is 0.169 e. The monoisotopic (exact) mass is 303 g/mol. The Bertz CT molecular complexity index is 576. The van der Waals surface area contributed by atoms with Crippen LogP contribution in [0.1, 0.15) is 27.2 Å². The van der Waals surface area contributed by atoms with Gasteiger partial charge in [-0.2, -0.15) is 0 Å². The topological polar surface area (TPSA) is 30.0 Å². The van der Waals surface area contributed by atoms with E-state index in [1.807, 2.05) is 44.2 Å². The number of ketones is 1. The van der Waals surface area contributed by atoms with Gasteiger partial charge in [0.15, 0.2) is 5.78 Å². The van der Waals surface area contributed by atoms with E-state index in [1.54, 1.807) is 6.20 Å². The number of halogens is 1. The highest BCUT2D eigenvalue weighted by molar-refractivity contribution is 9.10. The summed E-state index contributed by atoms with van der Waals surface area (Å²) >= 11 is 3.33. The lowest BCUT2D eigenvalue weighted by molar-refractivity contribution is 0.0991. The molecule has 0 spiro atoms. The molecule has 0 aliphatic heterocycles. The molecular formula is C15H14BrNO. The predicted molar refractivity (Wildman–Crippen MR) is 75.9 cm³/mol. The number of aryl methyl sites for hydroxylation is 1. The Labute approximate surface area is 115 Å². The molecule has 0 atom stereocenters. The highest BCUT2D eigenvalue weighted by Gasteiger charge is 2.11. The fraction of sp³-hybridized carbons (Fsp3) is 0.200. The minimum absolute atomic E-state index is 0.117. The second kappa shape index (κ2) is 5.44. The summed E-state index contributed by atoms with van der Waals surface area (Å²) in [7, 11) is 0. The van der Waals surface area contributed by atoms with Gasteiger partial charge in [0.25, 0.3) is 0 Å². The van der Waals surface area contributed by atoms with Crippen LogP contribution in [-0.2, 0) is 6.42 Å². The molecule has 18 heavy (non-hydrogen) atoms. The SMILES string of the molecule is Cc1cccc(C(=O)Cc2ccc(Br)cn2)c1C. The maximum atomic E-state index is 12.2. The van der Waals surface area contributed by atoms with E-state index in [2.05, 4.69) is 20.9 Å². The van der Waals surface area contributed by atoms with Gasteiger partial charge in [-0.3, -0.25) is 9.78 Å². The van der Waals surface area contributed by atoms with Crippen molar-refractivity contribution in [3.63, 3.8) is 0 Å². The predicted octanol–water partition coefficient (Wildman–Crippen LogP) is 3.89. The van der Waals surface area contributed by atoms with Gasteiger partial charge in [0.1, 0.15) is 0 Å². The molecule has 92 valence electrons. The van der Waals surface area contributed by atoms with Gasteiger partial charge in [-0.15, -0.1) is 0 Å². The van der Waals surface area contributed by atoms with Crippen LogP contribution in [0.2, 0.25) is 0 Å². The van der Waals surface area contributed by atoms with Crippen molar-refractivity contribution in [3.05, 3.63) is 63.4 Å². The number of hydrogen-bond donors (Lipinski definition) is 0. The van der Waals surface area contributed by atoms with E-state index in [9.17, 15) is 4.79 Å². The first-order chi connectivity index (χ1) is 8.58. The number of benzene rings is 1. The van der Waals surface area contributed by atoms with Crippen LogP contribution in [-0.4, -0.2) is 10.8 Å². The zero-order chi connectivity index (χ0) is 13.1. The molecule has 0 saturated heterocycles. The van der Waals surface area contributed by atoms with Crippen molar-refractivity contribution in [1.82, 2.24) is 4.98 Å². The molecular weight excluding hydrogens is 290 g/mol. The normalized spacial score (nSPS) is 10.4. The van der Waals surface area contributed by atoms with Gasteiger partial charge >= 0.3 is 0 Å². The Kier molecular flexibility index (Phi) is 3.92. The molecule has 3 heteroatoms. The first-order valence-corrected chi connectivity index (χ1v) is 6.57. The summed E-state index contributed by atoms with van der Waals surface area (Å²) in [5.41, 5.74) is 3.79. The Morgan fingerprint density at radius 3 is 2.67 bits per heavy atom. The lowest BCUT2D eigenvalue weighted by Gasteiger charge is -2.07. The van der Waals surface area contributed by atoms with Crippen LogP contribution in [0.15, 0.2) is 41.0 Å². The summed E-state index contributed by atoms with van der Waals surface area (Å²) in [6.07, 6.45) is 2.06. The lowest BCUT2D eigenvalue weighted by atomic mass is 9.98. The first kappa shape index (κ1) is 13.0. The van der Waals surface area contributed by atoms with Crippen LogP contribution in [0, 0.1) is 13.8 Å². The summed E-state index contributed by atoms with van der Waals surface area (Å²) in [6, 6.07) is 9.59. The van der Waals surface area contributed by atoms with Gasteiger partial charge in [0.05, 0.1) is 6.42 Å². The van der Waals surface area contributed by atoms with Crippen LogP contribution in [0.5, 0.6) is 0 Å². The second-order valence-corrected chi connectivity index (χ2v) is 5.23. The van der Waals surface area contributed by atoms with Crippen LogP contribution >= 0.6 is 15.9 Å². The summed E-state index contributed by atoms with van der Waals surface area (Å²) in [5, 5.41) is 0. The number of hydrogen-bond acceptors (Lipinski definition) is 2. The molecule has 0 aliphatic rings. The molecule has 1 aromatic heterocycles. The maximum absolute atomic E-state index is 12.2. The molecule has 1 heterocycles. The molecule has 0 saturated carbocycles. The Hall–Kier alpha value is -1.48. The third kappa shape index (κ3) is 2.85. The number of aromatic nitrogens is 1. The first-order valence-electron chi connectivity index (χ1n) is 5.78. The largest absolute Gasteiger partial charge is 0.294 e. The van der Waals surface area contributed by atoms with E-state index in [1.165, 1.54) is 0 Å². The summed E-state index contributed by atoms with van der Waals surface area (Å²) < 4.78 is 0.922. The van der Waals surface area contributed by atoms with E-state index in [0.717, 1.165) is 26.9 Å². The number of carbonyl (C=O) groups excluding carboxylic acids is 1. The molecule has 0 N–H and O–H groups in total. The second-order valence-electron chi connectivity index (χ2n) is 4.32. The number of pyridine rings is 1.